The molecule has 2 heterocycles. The molecule has 1 unspecified atom stereocenters. The number of nitrogens with one attached hydrogen (secondary N) is 1. The van der Waals surface area contributed by atoms with Gasteiger partial charge in [-0.2, -0.15) is 0 Å². The van der Waals surface area contributed by atoms with Crippen molar-refractivity contribution in [2.24, 2.45) is 5.41 Å². The van der Waals surface area contributed by atoms with Crippen molar-refractivity contribution >= 4 is 5.91 Å². The van der Waals surface area contributed by atoms with Gasteiger partial charge >= 0.3 is 0 Å². The Morgan fingerprint density at radius 2 is 2.05 bits per heavy atom. The summed E-state index contributed by atoms with van der Waals surface area (Å²) >= 11 is 0. The maximum Gasteiger partial charge on any atom is 0.231 e. The van der Waals surface area contributed by atoms with Crippen molar-refractivity contribution in [3.8, 4) is 0 Å². The maximum atomic E-state index is 13.3. The largest absolute Gasteiger partial charge is 0.384 e. The molecule has 0 aliphatic carbocycles. The van der Waals surface area contributed by atoms with E-state index in [0.29, 0.717) is 18.6 Å². The highest BCUT2D eigenvalue weighted by atomic mass is 16.5. The van der Waals surface area contributed by atoms with Gasteiger partial charge in [0.2, 0.25) is 5.91 Å². The molecule has 0 aromatic rings. The van der Waals surface area contributed by atoms with Gasteiger partial charge in [0.05, 0.1) is 12.0 Å². The molecule has 1 N–H and O–H groups in total. The minimum atomic E-state index is -0.309. The zero-order chi connectivity index (χ0) is 15.3. The summed E-state index contributed by atoms with van der Waals surface area (Å²) in [6.07, 6.45) is 3.88. The first-order valence-electron chi connectivity index (χ1n) is 8.32. The van der Waals surface area contributed by atoms with Gasteiger partial charge in [-0.15, -0.1) is 0 Å². The summed E-state index contributed by atoms with van der Waals surface area (Å²) in [4.78, 5) is 17.8. The maximum absolute atomic E-state index is 13.3. The lowest BCUT2D eigenvalue weighted by Gasteiger charge is -2.42. The van der Waals surface area contributed by atoms with E-state index in [9.17, 15) is 4.79 Å². The van der Waals surface area contributed by atoms with Crippen LogP contribution >= 0.6 is 0 Å². The lowest BCUT2D eigenvalue weighted by atomic mass is 9.78. The Morgan fingerprint density at radius 1 is 1.33 bits per heavy atom. The second-order valence-electron chi connectivity index (χ2n) is 6.64. The molecule has 0 spiro atoms. The van der Waals surface area contributed by atoms with Gasteiger partial charge in [-0.25, -0.2) is 0 Å². The van der Waals surface area contributed by atoms with Gasteiger partial charge in [0, 0.05) is 26.2 Å². The van der Waals surface area contributed by atoms with Crippen LogP contribution < -0.4 is 5.32 Å². The molecule has 2 fully saturated rings. The summed E-state index contributed by atoms with van der Waals surface area (Å²) in [6.45, 7) is 7.54. The molecular weight excluding hydrogens is 266 g/mol. The number of carbonyl (C=O) groups is 1. The fourth-order valence-corrected chi connectivity index (χ4v) is 3.77. The highest BCUT2D eigenvalue weighted by molar-refractivity contribution is 5.83. The predicted octanol–water partition coefficient (Wildman–Crippen LogP) is 0.945. The third-order valence-corrected chi connectivity index (χ3v) is 5.07. The summed E-state index contributed by atoms with van der Waals surface area (Å²) in [6, 6.07) is 0.341. The van der Waals surface area contributed by atoms with E-state index in [-0.39, 0.29) is 5.41 Å². The number of ether oxygens (including phenoxy) is 1. The fraction of sp³-hybridized carbons (Fsp3) is 0.938. The number of nitrogens with zero attached hydrogens (tertiary/aromatic N) is 2. The molecule has 2 rings (SSSR count). The van der Waals surface area contributed by atoms with E-state index < -0.39 is 0 Å². The molecule has 0 saturated carbocycles. The molecule has 2 saturated heterocycles. The first-order valence-corrected chi connectivity index (χ1v) is 8.32. The highest BCUT2D eigenvalue weighted by Gasteiger charge is 2.44. The van der Waals surface area contributed by atoms with E-state index in [1.54, 1.807) is 7.11 Å². The molecule has 5 nitrogen and oxygen atoms in total. The minimum Gasteiger partial charge on any atom is -0.384 e. The van der Waals surface area contributed by atoms with E-state index >= 15 is 0 Å². The minimum absolute atomic E-state index is 0.309. The normalized spacial score (nSPS) is 27.4. The van der Waals surface area contributed by atoms with Crippen LogP contribution in [0.3, 0.4) is 0 Å². The lowest BCUT2D eigenvalue weighted by molar-refractivity contribution is -0.150. The second-order valence-corrected chi connectivity index (χ2v) is 6.64. The number of hydrogen-bond donors (Lipinski definition) is 1. The number of amides is 1. The molecule has 2 aliphatic rings. The van der Waals surface area contributed by atoms with Gasteiger partial charge < -0.3 is 19.9 Å². The number of piperidine rings is 1. The molecule has 0 aromatic carbocycles. The molecule has 21 heavy (non-hydrogen) atoms. The molecule has 1 amide bonds. The number of likely N-dealkylation sites (N-methyl/N-ethyl adjacent to an activating group) is 1. The Bertz CT molecular complexity index is 337. The molecule has 1 atom stereocenters. The van der Waals surface area contributed by atoms with Gasteiger partial charge in [0.25, 0.3) is 0 Å². The van der Waals surface area contributed by atoms with E-state index in [2.05, 4.69) is 29.1 Å². The van der Waals surface area contributed by atoms with Crippen LogP contribution in [0.5, 0.6) is 0 Å². The fourth-order valence-electron chi connectivity index (χ4n) is 3.77. The SMILES string of the molecule is CCC1CN(C)CCCN1C(=O)C1(COC)CCNCC1. The van der Waals surface area contributed by atoms with Crippen LogP contribution in [0.4, 0.5) is 0 Å². The standard InChI is InChI=1S/C16H31N3O2/c1-4-14-12-18(2)10-5-11-19(14)15(20)16(13-21-3)6-8-17-9-7-16/h14,17H,4-13H2,1-3H3. The van der Waals surface area contributed by atoms with Gasteiger partial charge in [0.1, 0.15) is 0 Å². The van der Waals surface area contributed by atoms with Crippen LogP contribution in [-0.4, -0.2) is 75.2 Å². The van der Waals surface area contributed by atoms with Crippen molar-refractivity contribution in [3.05, 3.63) is 0 Å². The van der Waals surface area contributed by atoms with Crippen LogP contribution in [-0.2, 0) is 9.53 Å². The third kappa shape index (κ3) is 3.76. The van der Waals surface area contributed by atoms with Gasteiger partial charge in [-0.1, -0.05) is 6.92 Å². The molecule has 0 aromatic heterocycles. The second kappa shape index (κ2) is 7.56. The van der Waals surface area contributed by atoms with Crippen molar-refractivity contribution in [2.75, 3.05) is 53.5 Å². The number of hydrogen-bond acceptors (Lipinski definition) is 4. The Balaban J connectivity index is 2.17. The van der Waals surface area contributed by atoms with E-state index in [4.69, 9.17) is 4.74 Å². The van der Waals surface area contributed by atoms with Gasteiger partial charge in [-0.05, 0) is 52.4 Å². The number of methoxy groups -OCH3 is 1. The first-order chi connectivity index (χ1) is 10.1. The monoisotopic (exact) mass is 297 g/mol. The molecule has 2 aliphatic heterocycles. The van der Waals surface area contributed by atoms with Gasteiger partial charge in [0.15, 0.2) is 0 Å². The summed E-state index contributed by atoms with van der Waals surface area (Å²) in [5.41, 5.74) is -0.309. The van der Waals surface area contributed by atoms with Crippen molar-refractivity contribution < 1.29 is 9.53 Å². The number of carbonyl (C=O) groups excluding carboxylic acids is 1. The molecule has 122 valence electrons. The highest BCUT2D eigenvalue weighted by Crippen LogP contribution is 2.33. The van der Waals surface area contributed by atoms with Crippen LogP contribution in [0.2, 0.25) is 0 Å². The van der Waals surface area contributed by atoms with Crippen molar-refractivity contribution in [1.29, 1.82) is 0 Å². The van der Waals surface area contributed by atoms with Gasteiger partial charge in [-0.3, -0.25) is 4.79 Å². The third-order valence-electron chi connectivity index (χ3n) is 5.07. The molecule has 0 radical (unpaired) electrons. The summed E-state index contributed by atoms with van der Waals surface area (Å²) in [7, 11) is 3.87. The van der Waals surface area contributed by atoms with Crippen molar-refractivity contribution in [2.45, 2.75) is 38.6 Å². The van der Waals surface area contributed by atoms with Crippen LogP contribution in [0.15, 0.2) is 0 Å². The predicted molar refractivity (Wildman–Crippen MR) is 84.3 cm³/mol. The quantitative estimate of drug-likeness (QED) is 0.839. The molecular formula is C16H31N3O2. The molecule has 5 heteroatoms. The zero-order valence-electron chi connectivity index (χ0n) is 13.9. The van der Waals surface area contributed by atoms with E-state index in [1.165, 1.54) is 0 Å². The Kier molecular flexibility index (Phi) is 6.02. The zero-order valence-corrected chi connectivity index (χ0v) is 13.9. The summed E-state index contributed by atoms with van der Waals surface area (Å²) < 4.78 is 5.43. The smallest absolute Gasteiger partial charge is 0.231 e. The summed E-state index contributed by atoms with van der Waals surface area (Å²) in [5, 5.41) is 3.37. The Labute approximate surface area is 129 Å². The molecule has 0 bridgehead atoms. The topological polar surface area (TPSA) is 44.8 Å². The van der Waals surface area contributed by atoms with Crippen molar-refractivity contribution in [3.63, 3.8) is 0 Å². The average Bonchev–Trinajstić information content (AvgIpc) is 2.69. The van der Waals surface area contributed by atoms with Crippen LogP contribution in [0.25, 0.3) is 0 Å². The summed E-state index contributed by atoms with van der Waals surface area (Å²) in [5.74, 6) is 0.327. The van der Waals surface area contributed by atoms with E-state index in [1.807, 2.05) is 0 Å². The number of rotatable bonds is 4. The lowest BCUT2D eigenvalue weighted by Crippen LogP contribution is -2.55. The van der Waals surface area contributed by atoms with Crippen molar-refractivity contribution in [1.82, 2.24) is 15.1 Å². The van der Waals surface area contributed by atoms with Crippen LogP contribution in [0, 0.1) is 5.41 Å². The van der Waals surface area contributed by atoms with E-state index in [0.717, 1.165) is 58.4 Å². The average molecular weight is 297 g/mol. The van der Waals surface area contributed by atoms with Crippen LogP contribution in [0.1, 0.15) is 32.6 Å². The Hall–Kier alpha value is -0.650. The Morgan fingerprint density at radius 3 is 2.67 bits per heavy atom. The first kappa shape index (κ1) is 16.7.